The topological polar surface area (TPSA) is 87.3 Å². The average Bonchev–Trinajstić information content (AvgIpc) is 3.44. The molecule has 1 heterocycles. The van der Waals surface area contributed by atoms with Gasteiger partial charge >= 0.3 is 0 Å². The second-order valence-electron chi connectivity index (χ2n) is 8.17. The minimum Gasteiger partial charge on any atom is -0.325 e. The van der Waals surface area contributed by atoms with E-state index in [2.05, 4.69) is 16.0 Å². The number of thiophene rings is 1. The zero-order valence-corrected chi connectivity index (χ0v) is 22.8. The van der Waals surface area contributed by atoms with Crippen molar-refractivity contribution in [2.24, 2.45) is 0 Å². The van der Waals surface area contributed by atoms with Gasteiger partial charge in [-0.25, -0.2) is 0 Å². The highest BCUT2D eigenvalue weighted by Crippen LogP contribution is 2.25. The maximum absolute atomic E-state index is 13.2. The zero-order chi connectivity index (χ0) is 26.9. The van der Waals surface area contributed by atoms with Crippen LogP contribution in [0.5, 0.6) is 0 Å². The van der Waals surface area contributed by atoms with Crippen molar-refractivity contribution in [1.29, 1.82) is 0 Å². The van der Waals surface area contributed by atoms with Crippen molar-refractivity contribution in [3.63, 3.8) is 0 Å². The molecule has 4 aromatic rings. The summed E-state index contributed by atoms with van der Waals surface area (Å²) in [7, 11) is 0. The Morgan fingerprint density at radius 2 is 1.74 bits per heavy atom. The molecular formula is C29H24ClN3O3S2. The summed E-state index contributed by atoms with van der Waals surface area (Å²) in [5, 5.41) is 12.8. The van der Waals surface area contributed by atoms with Gasteiger partial charge in [0, 0.05) is 26.9 Å². The van der Waals surface area contributed by atoms with Crippen LogP contribution in [0.1, 0.15) is 21.5 Å². The maximum atomic E-state index is 13.2. The number of thioether (sulfide) groups is 1. The van der Waals surface area contributed by atoms with Crippen LogP contribution in [0, 0.1) is 6.92 Å². The smallest absolute Gasteiger partial charge is 0.272 e. The largest absolute Gasteiger partial charge is 0.325 e. The predicted octanol–water partition coefficient (Wildman–Crippen LogP) is 6.85. The summed E-state index contributed by atoms with van der Waals surface area (Å²) in [4.78, 5) is 39.2. The molecule has 3 N–H and O–H groups in total. The third-order valence-corrected chi connectivity index (χ3v) is 7.49. The highest BCUT2D eigenvalue weighted by Gasteiger charge is 2.16. The Morgan fingerprint density at radius 3 is 2.50 bits per heavy atom. The van der Waals surface area contributed by atoms with Crippen LogP contribution >= 0.6 is 34.7 Å². The summed E-state index contributed by atoms with van der Waals surface area (Å²) in [5.41, 5.74) is 3.39. The third-order valence-electron chi connectivity index (χ3n) is 5.39. The van der Waals surface area contributed by atoms with E-state index in [0.29, 0.717) is 22.0 Å². The fourth-order valence-corrected chi connectivity index (χ4v) is 4.95. The maximum Gasteiger partial charge on any atom is 0.272 e. The average molecular weight is 562 g/mol. The van der Waals surface area contributed by atoms with Crippen molar-refractivity contribution in [3.05, 3.63) is 117 Å². The summed E-state index contributed by atoms with van der Waals surface area (Å²) in [6.07, 6.45) is 1.63. The molecule has 9 heteroatoms. The molecule has 38 heavy (non-hydrogen) atoms. The van der Waals surface area contributed by atoms with Crippen molar-refractivity contribution in [2.45, 2.75) is 11.8 Å². The van der Waals surface area contributed by atoms with Gasteiger partial charge in [0.1, 0.15) is 5.70 Å². The number of carbonyl (C=O) groups excluding carboxylic acids is 3. The van der Waals surface area contributed by atoms with Crippen LogP contribution in [0.25, 0.3) is 6.08 Å². The fraction of sp³-hybridized carbons (Fsp3) is 0.0690. The lowest BCUT2D eigenvalue weighted by Crippen LogP contribution is -2.30. The summed E-state index contributed by atoms with van der Waals surface area (Å²) < 4.78 is 0. The Balaban J connectivity index is 1.41. The van der Waals surface area contributed by atoms with Gasteiger partial charge in [0.05, 0.1) is 5.75 Å². The first-order valence-electron chi connectivity index (χ1n) is 11.6. The second kappa shape index (κ2) is 13.1. The van der Waals surface area contributed by atoms with Crippen molar-refractivity contribution >= 4 is 69.9 Å². The molecule has 0 fully saturated rings. The Morgan fingerprint density at radius 1 is 0.947 bits per heavy atom. The lowest BCUT2D eigenvalue weighted by atomic mass is 10.2. The molecule has 1 aromatic heterocycles. The van der Waals surface area contributed by atoms with E-state index in [1.807, 2.05) is 35.9 Å². The number of benzene rings is 3. The molecule has 0 aliphatic heterocycles. The van der Waals surface area contributed by atoms with Gasteiger partial charge in [-0.15, -0.1) is 11.8 Å². The Kier molecular flexibility index (Phi) is 9.37. The lowest BCUT2D eigenvalue weighted by molar-refractivity contribution is -0.114. The number of nitrogens with one attached hydrogen (secondary N) is 3. The van der Waals surface area contributed by atoms with Crippen LogP contribution in [0.15, 0.2) is 100 Å². The molecule has 4 rings (SSSR count). The van der Waals surface area contributed by atoms with E-state index in [-0.39, 0.29) is 23.3 Å². The van der Waals surface area contributed by atoms with Gasteiger partial charge in [-0.3, -0.25) is 14.4 Å². The SMILES string of the molecule is Cc1c(Cl)cccc1NC(=O)CSc1cccc(NC(=O)/C(=C/c2ccsc2)NC(=O)c2ccccc2)c1. The number of rotatable bonds is 9. The number of carbonyl (C=O) groups is 3. The van der Waals surface area contributed by atoms with E-state index in [1.54, 1.807) is 66.7 Å². The molecule has 192 valence electrons. The molecule has 6 nitrogen and oxygen atoms in total. The van der Waals surface area contributed by atoms with E-state index < -0.39 is 5.91 Å². The quantitative estimate of drug-likeness (QED) is 0.154. The predicted molar refractivity (Wildman–Crippen MR) is 157 cm³/mol. The van der Waals surface area contributed by atoms with E-state index in [1.165, 1.54) is 23.1 Å². The zero-order valence-electron chi connectivity index (χ0n) is 20.4. The van der Waals surface area contributed by atoms with Crippen LogP contribution in [0.3, 0.4) is 0 Å². The first kappa shape index (κ1) is 27.2. The van der Waals surface area contributed by atoms with Gasteiger partial charge in [-0.05, 0) is 83.4 Å². The summed E-state index contributed by atoms with van der Waals surface area (Å²) in [6.45, 7) is 1.85. The van der Waals surface area contributed by atoms with E-state index in [9.17, 15) is 14.4 Å². The van der Waals surface area contributed by atoms with Crippen LogP contribution < -0.4 is 16.0 Å². The summed E-state index contributed by atoms with van der Waals surface area (Å²) in [6, 6.07) is 23.1. The number of halogens is 1. The van der Waals surface area contributed by atoms with Gasteiger partial charge in [0.15, 0.2) is 0 Å². The van der Waals surface area contributed by atoms with Crippen molar-refractivity contribution in [1.82, 2.24) is 5.32 Å². The second-order valence-corrected chi connectivity index (χ2v) is 10.4. The van der Waals surface area contributed by atoms with E-state index in [0.717, 1.165) is 16.0 Å². The first-order chi connectivity index (χ1) is 18.4. The monoisotopic (exact) mass is 561 g/mol. The van der Waals surface area contributed by atoms with Crippen LogP contribution in [-0.4, -0.2) is 23.5 Å². The van der Waals surface area contributed by atoms with Crippen LogP contribution in [0.4, 0.5) is 11.4 Å². The molecule has 0 saturated carbocycles. The number of amides is 3. The van der Waals surface area contributed by atoms with Gasteiger partial charge in [-0.2, -0.15) is 11.3 Å². The minimum absolute atomic E-state index is 0.117. The molecule has 0 radical (unpaired) electrons. The molecule has 3 amide bonds. The summed E-state index contributed by atoms with van der Waals surface area (Å²) in [5.74, 6) is -0.830. The highest BCUT2D eigenvalue weighted by atomic mass is 35.5. The molecule has 0 aliphatic carbocycles. The number of hydrogen-bond donors (Lipinski definition) is 3. The van der Waals surface area contributed by atoms with Crippen LogP contribution in [0.2, 0.25) is 5.02 Å². The first-order valence-corrected chi connectivity index (χ1v) is 13.9. The van der Waals surface area contributed by atoms with Crippen molar-refractivity contribution in [2.75, 3.05) is 16.4 Å². The Bertz CT molecular complexity index is 1470. The van der Waals surface area contributed by atoms with E-state index in [4.69, 9.17) is 11.6 Å². The van der Waals surface area contributed by atoms with Crippen molar-refractivity contribution in [3.8, 4) is 0 Å². The van der Waals surface area contributed by atoms with Gasteiger partial charge in [-0.1, -0.05) is 41.9 Å². The normalized spacial score (nSPS) is 11.1. The van der Waals surface area contributed by atoms with Gasteiger partial charge < -0.3 is 16.0 Å². The molecule has 3 aromatic carbocycles. The molecule has 0 saturated heterocycles. The summed E-state index contributed by atoms with van der Waals surface area (Å²) >= 11 is 8.97. The lowest BCUT2D eigenvalue weighted by Gasteiger charge is -2.12. The molecule has 0 atom stereocenters. The molecule has 0 aliphatic rings. The Labute approximate surface area is 234 Å². The fourth-order valence-electron chi connectivity index (χ4n) is 3.41. The van der Waals surface area contributed by atoms with Crippen LogP contribution in [-0.2, 0) is 9.59 Å². The number of anilines is 2. The highest BCUT2D eigenvalue weighted by molar-refractivity contribution is 8.00. The Hall–Kier alpha value is -3.85. The molecule has 0 bridgehead atoms. The van der Waals surface area contributed by atoms with Gasteiger partial charge in [0.25, 0.3) is 11.8 Å². The number of hydrogen-bond acceptors (Lipinski definition) is 5. The van der Waals surface area contributed by atoms with Gasteiger partial charge in [0.2, 0.25) is 5.91 Å². The van der Waals surface area contributed by atoms with E-state index >= 15 is 0 Å². The minimum atomic E-state index is -0.461. The standard InChI is InChI=1S/C29H24ClN3O3S2/c1-19-24(30)11-6-12-25(19)32-27(34)18-38-23-10-5-9-22(16-23)31-29(36)26(15-20-13-14-37-17-20)33-28(35)21-7-3-2-4-8-21/h2-17H,18H2,1H3,(H,31,36)(H,32,34)(H,33,35)/b26-15-. The molecular weight excluding hydrogens is 538 g/mol. The molecule has 0 spiro atoms. The molecule has 0 unspecified atom stereocenters. The third kappa shape index (κ3) is 7.58. The van der Waals surface area contributed by atoms with Crippen molar-refractivity contribution < 1.29 is 14.4 Å².